The quantitative estimate of drug-likeness (QED) is 0.831. The summed E-state index contributed by atoms with van der Waals surface area (Å²) in [4.78, 5) is 20.1. The lowest BCUT2D eigenvalue weighted by molar-refractivity contribution is 0.0344. The lowest BCUT2D eigenvalue weighted by Crippen LogP contribution is -2.50. The van der Waals surface area contributed by atoms with Gasteiger partial charge < -0.3 is 14.7 Å². The summed E-state index contributed by atoms with van der Waals surface area (Å²) in [5, 5.41) is 12.4. The predicted molar refractivity (Wildman–Crippen MR) is 78.4 cm³/mol. The Morgan fingerprint density at radius 1 is 1.45 bits per heavy atom. The summed E-state index contributed by atoms with van der Waals surface area (Å²) in [6, 6.07) is 0. The topological polar surface area (TPSA) is 65.9 Å². The minimum Gasteiger partial charge on any atom is -0.464 e. The summed E-state index contributed by atoms with van der Waals surface area (Å²) >= 11 is 1.46. The summed E-state index contributed by atoms with van der Waals surface area (Å²) in [7, 11) is 1.36. The van der Waals surface area contributed by atoms with Crippen LogP contribution in [-0.2, 0) is 4.74 Å². The molecule has 1 aliphatic rings. The van der Waals surface area contributed by atoms with E-state index in [-0.39, 0.29) is 0 Å². The number of carbonyl (C=O) groups is 1. The molecule has 20 heavy (non-hydrogen) atoms. The van der Waals surface area contributed by atoms with E-state index < -0.39 is 11.6 Å². The lowest BCUT2D eigenvalue weighted by atomic mass is 10.1. The largest absolute Gasteiger partial charge is 0.464 e. The third kappa shape index (κ3) is 3.91. The molecule has 0 aliphatic carbocycles. The number of anilines is 1. The number of β-amino-alcohol motifs (C(OH)–C–C–N with tert-alkyl or cyclic N) is 1. The Kier molecular flexibility index (Phi) is 4.62. The van der Waals surface area contributed by atoms with Crippen molar-refractivity contribution >= 4 is 22.4 Å². The number of carbonyl (C=O) groups excluding carboxylic acids is 1. The molecule has 2 heterocycles. The van der Waals surface area contributed by atoms with Crippen LogP contribution in [-0.4, -0.2) is 66.4 Å². The highest BCUT2D eigenvalue weighted by atomic mass is 32.1. The summed E-state index contributed by atoms with van der Waals surface area (Å²) in [6.07, 6.45) is 0. The maximum absolute atomic E-state index is 11.4. The van der Waals surface area contributed by atoms with Gasteiger partial charge >= 0.3 is 5.97 Å². The van der Waals surface area contributed by atoms with E-state index in [0.29, 0.717) is 12.2 Å². The van der Waals surface area contributed by atoms with Crippen molar-refractivity contribution in [3.05, 3.63) is 11.1 Å². The monoisotopic (exact) mass is 299 g/mol. The Hall–Kier alpha value is -1.18. The lowest BCUT2D eigenvalue weighted by Gasteiger charge is -2.37. The molecule has 1 N–H and O–H groups in total. The molecule has 0 spiro atoms. The average Bonchev–Trinajstić information content (AvgIpc) is 2.86. The van der Waals surface area contributed by atoms with E-state index in [1.165, 1.54) is 18.4 Å². The second kappa shape index (κ2) is 6.07. The molecule has 112 valence electrons. The van der Waals surface area contributed by atoms with E-state index in [0.717, 1.165) is 31.3 Å². The highest BCUT2D eigenvalue weighted by Gasteiger charge is 2.24. The Balaban J connectivity index is 1.90. The minimum atomic E-state index is -0.665. The second-order valence-electron chi connectivity index (χ2n) is 5.58. The second-order valence-corrected chi connectivity index (χ2v) is 6.42. The molecule has 7 heteroatoms. The van der Waals surface area contributed by atoms with E-state index in [4.69, 9.17) is 0 Å². The van der Waals surface area contributed by atoms with Crippen LogP contribution in [0.25, 0.3) is 0 Å². The zero-order valence-corrected chi connectivity index (χ0v) is 12.9. The number of esters is 1. The molecule has 0 amide bonds. The van der Waals surface area contributed by atoms with Gasteiger partial charge in [0.05, 0.1) is 12.7 Å². The maximum Gasteiger partial charge on any atom is 0.357 e. The third-order valence-corrected chi connectivity index (χ3v) is 4.04. The molecule has 1 aliphatic heterocycles. The van der Waals surface area contributed by atoms with Gasteiger partial charge in [0.1, 0.15) is 0 Å². The van der Waals surface area contributed by atoms with Crippen molar-refractivity contribution in [3.63, 3.8) is 0 Å². The highest BCUT2D eigenvalue weighted by molar-refractivity contribution is 7.13. The van der Waals surface area contributed by atoms with Crippen LogP contribution in [0.2, 0.25) is 0 Å². The van der Waals surface area contributed by atoms with E-state index in [1.54, 1.807) is 5.38 Å². The minimum absolute atomic E-state index is 0.367. The molecule has 1 fully saturated rings. The molecule has 2 rings (SSSR count). The Morgan fingerprint density at radius 2 is 2.10 bits per heavy atom. The van der Waals surface area contributed by atoms with E-state index in [2.05, 4.69) is 19.5 Å². The summed E-state index contributed by atoms with van der Waals surface area (Å²) in [5.41, 5.74) is -0.298. The first-order valence-electron chi connectivity index (χ1n) is 6.62. The van der Waals surface area contributed by atoms with Crippen molar-refractivity contribution < 1.29 is 14.6 Å². The highest BCUT2D eigenvalue weighted by Crippen LogP contribution is 2.22. The van der Waals surface area contributed by atoms with E-state index >= 15 is 0 Å². The number of hydrogen-bond donors (Lipinski definition) is 1. The fraction of sp³-hybridized carbons (Fsp3) is 0.692. The fourth-order valence-corrected chi connectivity index (χ4v) is 3.10. The number of hydrogen-bond acceptors (Lipinski definition) is 7. The number of nitrogens with zero attached hydrogens (tertiary/aromatic N) is 3. The van der Waals surface area contributed by atoms with Gasteiger partial charge in [-0.2, -0.15) is 0 Å². The van der Waals surface area contributed by atoms with E-state index in [9.17, 15) is 9.90 Å². The van der Waals surface area contributed by atoms with Crippen LogP contribution in [0, 0.1) is 0 Å². The number of ether oxygens (including phenoxy) is 1. The zero-order chi connectivity index (χ0) is 14.8. The number of methoxy groups -OCH3 is 1. The molecule has 0 saturated carbocycles. The molecule has 0 aromatic carbocycles. The summed E-state index contributed by atoms with van der Waals surface area (Å²) in [5.74, 6) is -0.395. The van der Waals surface area contributed by atoms with Crippen molar-refractivity contribution in [2.45, 2.75) is 19.4 Å². The van der Waals surface area contributed by atoms with Gasteiger partial charge in [-0.05, 0) is 13.8 Å². The third-order valence-electron chi connectivity index (χ3n) is 3.14. The molecule has 0 unspecified atom stereocenters. The summed E-state index contributed by atoms with van der Waals surface area (Å²) < 4.78 is 4.66. The summed E-state index contributed by atoms with van der Waals surface area (Å²) in [6.45, 7) is 7.79. The molecule has 1 aromatic heterocycles. The number of rotatable bonds is 4. The van der Waals surface area contributed by atoms with Gasteiger partial charge in [0.15, 0.2) is 10.8 Å². The molecule has 0 radical (unpaired) electrons. The van der Waals surface area contributed by atoms with Crippen LogP contribution in [0.4, 0.5) is 5.13 Å². The fourth-order valence-electron chi connectivity index (χ4n) is 2.25. The van der Waals surface area contributed by atoms with Gasteiger partial charge in [0, 0.05) is 38.1 Å². The molecular weight excluding hydrogens is 278 g/mol. The van der Waals surface area contributed by atoms with Crippen molar-refractivity contribution in [2.75, 3.05) is 44.7 Å². The van der Waals surface area contributed by atoms with Crippen LogP contribution < -0.4 is 4.90 Å². The van der Waals surface area contributed by atoms with Crippen molar-refractivity contribution in [1.29, 1.82) is 0 Å². The number of aromatic nitrogens is 1. The van der Waals surface area contributed by atoms with Gasteiger partial charge in [-0.3, -0.25) is 4.90 Å². The number of piperazine rings is 1. The molecule has 0 bridgehead atoms. The van der Waals surface area contributed by atoms with E-state index in [1.807, 2.05) is 13.8 Å². The van der Waals surface area contributed by atoms with Crippen molar-refractivity contribution in [3.8, 4) is 0 Å². The Labute approximate surface area is 123 Å². The van der Waals surface area contributed by atoms with Gasteiger partial charge in [0.2, 0.25) is 0 Å². The number of aliphatic hydroxyl groups is 1. The number of thiazole rings is 1. The average molecular weight is 299 g/mol. The molecular formula is C13H21N3O3S. The molecule has 0 atom stereocenters. The van der Waals surface area contributed by atoms with Crippen molar-refractivity contribution in [1.82, 2.24) is 9.88 Å². The normalized spacial score (nSPS) is 17.3. The van der Waals surface area contributed by atoms with Crippen LogP contribution in [0.3, 0.4) is 0 Å². The zero-order valence-electron chi connectivity index (χ0n) is 12.1. The van der Waals surface area contributed by atoms with Crippen LogP contribution in [0.1, 0.15) is 24.3 Å². The first-order valence-corrected chi connectivity index (χ1v) is 7.50. The standard InChI is InChI=1S/C13H21N3O3S/c1-13(2,18)9-15-4-6-16(7-5-15)12-14-10(8-20-12)11(17)19-3/h8,18H,4-7,9H2,1-3H3. The van der Waals surface area contributed by atoms with Crippen LogP contribution in [0.15, 0.2) is 5.38 Å². The van der Waals surface area contributed by atoms with Crippen molar-refractivity contribution in [2.24, 2.45) is 0 Å². The van der Waals surface area contributed by atoms with Gasteiger partial charge in [-0.25, -0.2) is 9.78 Å². The Morgan fingerprint density at radius 3 is 2.65 bits per heavy atom. The van der Waals surface area contributed by atoms with Crippen LogP contribution in [0.5, 0.6) is 0 Å². The van der Waals surface area contributed by atoms with Gasteiger partial charge in [0.25, 0.3) is 0 Å². The maximum atomic E-state index is 11.4. The van der Waals surface area contributed by atoms with Gasteiger partial charge in [-0.1, -0.05) is 0 Å². The Bertz CT molecular complexity index is 462. The van der Waals surface area contributed by atoms with Gasteiger partial charge in [-0.15, -0.1) is 11.3 Å². The molecule has 1 aromatic rings. The first-order chi connectivity index (χ1) is 9.39. The predicted octanol–water partition coefficient (Wildman–Crippen LogP) is 0.823. The molecule has 6 nitrogen and oxygen atoms in total. The smallest absolute Gasteiger partial charge is 0.357 e. The van der Waals surface area contributed by atoms with Crippen LogP contribution >= 0.6 is 11.3 Å². The molecule has 1 saturated heterocycles. The SMILES string of the molecule is COC(=O)c1csc(N2CCN(CC(C)(C)O)CC2)n1. The first kappa shape index (κ1) is 15.2.